The first kappa shape index (κ1) is 12.9. The van der Waals surface area contributed by atoms with Crippen LogP contribution in [0.25, 0.3) is 5.69 Å². The molecule has 0 atom stereocenters. The van der Waals surface area contributed by atoms with Crippen LogP contribution in [0.2, 0.25) is 0 Å². The highest BCUT2D eigenvalue weighted by molar-refractivity contribution is 5.84. The summed E-state index contributed by atoms with van der Waals surface area (Å²) < 4.78 is 14.5. The Kier molecular flexibility index (Phi) is 3.16. The number of aryl methyl sites for hydroxylation is 2. The van der Waals surface area contributed by atoms with Gasteiger partial charge in [-0.15, -0.1) is 0 Å². The average molecular weight is 262 g/mol. The van der Waals surface area contributed by atoms with Gasteiger partial charge in [0, 0.05) is 11.8 Å². The third kappa shape index (κ3) is 2.37. The molecule has 0 aliphatic carbocycles. The molecule has 0 saturated heterocycles. The minimum atomic E-state index is -1.41. The van der Waals surface area contributed by atoms with E-state index in [1.54, 1.807) is 19.9 Å². The van der Waals surface area contributed by atoms with E-state index in [4.69, 9.17) is 5.11 Å². The van der Waals surface area contributed by atoms with Crippen LogP contribution in [0.15, 0.2) is 29.1 Å². The summed E-state index contributed by atoms with van der Waals surface area (Å²) in [7, 11) is 0. The quantitative estimate of drug-likeness (QED) is 0.893. The van der Waals surface area contributed by atoms with Crippen LogP contribution >= 0.6 is 0 Å². The molecule has 0 bridgehead atoms. The fraction of sp³-hybridized carbons (Fsp3) is 0.154. The Bertz CT molecular complexity index is 722. The van der Waals surface area contributed by atoms with E-state index in [-0.39, 0.29) is 0 Å². The van der Waals surface area contributed by atoms with Gasteiger partial charge in [-0.25, -0.2) is 13.9 Å². The number of hydrogen-bond donors (Lipinski definition) is 1. The van der Waals surface area contributed by atoms with Gasteiger partial charge < -0.3 is 5.11 Å². The number of nitrogens with zero attached hydrogens (tertiary/aromatic N) is 2. The minimum Gasteiger partial charge on any atom is -0.476 e. The molecule has 0 radical (unpaired) electrons. The van der Waals surface area contributed by atoms with E-state index in [2.05, 4.69) is 5.10 Å². The summed E-state index contributed by atoms with van der Waals surface area (Å²) >= 11 is 0. The molecule has 0 fully saturated rings. The second-order valence-corrected chi connectivity index (χ2v) is 4.15. The molecule has 2 rings (SSSR count). The van der Waals surface area contributed by atoms with Crippen molar-refractivity contribution in [3.05, 3.63) is 57.3 Å². The Balaban J connectivity index is 2.75. The van der Waals surface area contributed by atoms with E-state index in [9.17, 15) is 14.0 Å². The maximum absolute atomic E-state index is 13.3. The van der Waals surface area contributed by atoms with Gasteiger partial charge >= 0.3 is 5.97 Å². The second-order valence-electron chi connectivity index (χ2n) is 4.15. The Labute approximate surface area is 107 Å². The SMILES string of the molecule is Cc1ccc(F)cc1-n1nc(C(=O)O)c(=O)cc1C. The van der Waals surface area contributed by atoms with Crippen molar-refractivity contribution in [2.75, 3.05) is 0 Å². The average Bonchev–Trinajstić information content (AvgIpc) is 2.32. The number of halogens is 1. The fourth-order valence-electron chi connectivity index (χ4n) is 1.75. The van der Waals surface area contributed by atoms with E-state index in [0.29, 0.717) is 11.4 Å². The number of aromatic carboxylic acids is 1. The molecule has 5 nitrogen and oxygen atoms in total. The van der Waals surface area contributed by atoms with Gasteiger partial charge in [0.2, 0.25) is 11.1 Å². The number of hydrogen-bond acceptors (Lipinski definition) is 3. The lowest BCUT2D eigenvalue weighted by molar-refractivity contribution is 0.0686. The molecular weight excluding hydrogens is 251 g/mol. The summed E-state index contributed by atoms with van der Waals surface area (Å²) in [6, 6.07) is 5.27. The number of aromatic nitrogens is 2. The van der Waals surface area contributed by atoms with Crippen LogP contribution in [-0.4, -0.2) is 20.9 Å². The minimum absolute atomic E-state index is 0.403. The third-order valence-electron chi connectivity index (χ3n) is 2.71. The first-order valence-corrected chi connectivity index (χ1v) is 5.51. The number of rotatable bonds is 2. The maximum atomic E-state index is 13.3. The topological polar surface area (TPSA) is 72.2 Å². The van der Waals surface area contributed by atoms with Gasteiger partial charge in [-0.2, -0.15) is 5.10 Å². The van der Waals surface area contributed by atoms with Crippen molar-refractivity contribution in [1.82, 2.24) is 9.78 Å². The highest BCUT2D eigenvalue weighted by Crippen LogP contribution is 2.15. The summed E-state index contributed by atoms with van der Waals surface area (Å²) in [6.45, 7) is 3.35. The van der Waals surface area contributed by atoms with Crippen molar-refractivity contribution in [2.45, 2.75) is 13.8 Å². The first-order valence-electron chi connectivity index (χ1n) is 5.51. The van der Waals surface area contributed by atoms with Gasteiger partial charge in [-0.1, -0.05) is 6.07 Å². The van der Waals surface area contributed by atoms with Crippen LogP contribution in [0.3, 0.4) is 0 Å². The lowest BCUT2D eigenvalue weighted by Gasteiger charge is -2.12. The molecule has 0 aliphatic heterocycles. The van der Waals surface area contributed by atoms with Crippen molar-refractivity contribution in [1.29, 1.82) is 0 Å². The van der Waals surface area contributed by atoms with E-state index in [1.807, 2.05) is 0 Å². The molecule has 1 heterocycles. The predicted molar refractivity (Wildman–Crippen MR) is 66.2 cm³/mol. The van der Waals surface area contributed by atoms with Crippen LogP contribution in [0.4, 0.5) is 4.39 Å². The molecule has 1 aromatic heterocycles. The number of carboxylic acid groups (broad SMARTS) is 1. The summed E-state index contributed by atoms with van der Waals surface area (Å²) in [5.41, 5.74) is 0.297. The van der Waals surface area contributed by atoms with Gasteiger partial charge in [0.1, 0.15) is 5.82 Å². The number of benzene rings is 1. The van der Waals surface area contributed by atoms with Crippen molar-refractivity contribution < 1.29 is 14.3 Å². The molecule has 2 aromatic rings. The molecule has 0 aliphatic rings. The zero-order chi connectivity index (χ0) is 14.2. The molecule has 1 N–H and O–H groups in total. The van der Waals surface area contributed by atoms with Crippen LogP contribution in [-0.2, 0) is 0 Å². The highest BCUT2D eigenvalue weighted by atomic mass is 19.1. The standard InChI is InChI=1S/C13H11FN2O3/c1-7-3-4-9(14)6-10(7)16-8(2)5-11(17)12(15-16)13(18)19/h3-6H,1-2H3,(H,18,19). The van der Waals surface area contributed by atoms with Gasteiger partial charge in [0.05, 0.1) is 5.69 Å². The third-order valence-corrected chi connectivity index (χ3v) is 2.71. The molecule has 0 spiro atoms. The summed E-state index contributed by atoms with van der Waals surface area (Å²) in [5, 5.41) is 12.7. The Morgan fingerprint density at radius 2 is 2.00 bits per heavy atom. The van der Waals surface area contributed by atoms with Gasteiger partial charge in [0.25, 0.3) is 0 Å². The normalized spacial score (nSPS) is 10.5. The Hall–Kier alpha value is -2.50. The zero-order valence-electron chi connectivity index (χ0n) is 10.3. The number of carboxylic acids is 1. The fourth-order valence-corrected chi connectivity index (χ4v) is 1.75. The maximum Gasteiger partial charge on any atom is 0.360 e. The van der Waals surface area contributed by atoms with Crippen LogP contribution in [0, 0.1) is 19.7 Å². The first-order chi connectivity index (χ1) is 8.90. The predicted octanol–water partition coefficient (Wildman–Crippen LogP) is 1.69. The molecule has 6 heteroatoms. The van der Waals surface area contributed by atoms with E-state index >= 15 is 0 Å². The zero-order valence-corrected chi connectivity index (χ0v) is 10.3. The summed E-state index contributed by atoms with van der Waals surface area (Å²) in [6.07, 6.45) is 0. The summed E-state index contributed by atoms with van der Waals surface area (Å²) in [4.78, 5) is 22.4. The molecule has 0 saturated carbocycles. The van der Waals surface area contributed by atoms with Crippen LogP contribution in [0.5, 0.6) is 0 Å². The second kappa shape index (κ2) is 4.64. The summed E-state index contributed by atoms with van der Waals surface area (Å²) in [5.74, 6) is -1.87. The van der Waals surface area contributed by atoms with Gasteiger partial charge in [-0.3, -0.25) is 4.79 Å². The lowest BCUT2D eigenvalue weighted by Crippen LogP contribution is -2.22. The van der Waals surface area contributed by atoms with Gasteiger partial charge in [-0.05, 0) is 31.5 Å². The molecular formula is C13H11FN2O3. The Morgan fingerprint density at radius 3 is 2.63 bits per heavy atom. The van der Waals surface area contributed by atoms with Crippen molar-refractivity contribution in [3.63, 3.8) is 0 Å². The monoisotopic (exact) mass is 262 g/mol. The van der Waals surface area contributed by atoms with Crippen molar-refractivity contribution in [3.8, 4) is 5.69 Å². The molecule has 1 aromatic carbocycles. The van der Waals surface area contributed by atoms with Crippen molar-refractivity contribution in [2.24, 2.45) is 0 Å². The van der Waals surface area contributed by atoms with E-state index in [1.165, 1.54) is 22.9 Å². The Morgan fingerprint density at radius 1 is 1.32 bits per heavy atom. The molecule has 19 heavy (non-hydrogen) atoms. The van der Waals surface area contributed by atoms with Crippen LogP contribution in [0.1, 0.15) is 21.7 Å². The van der Waals surface area contributed by atoms with Crippen LogP contribution < -0.4 is 5.43 Å². The number of carbonyl (C=O) groups is 1. The molecule has 98 valence electrons. The molecule has 0 unspecified atom stereocenters. The van der Waals surface area contributed by atoms with Crippen molar-refractivity contribution >= 4 is 5.97 Å². The van der Waals surface area contributed by atoms with Gasteiger partial charge in [0.15, 0.2) is 0 Å². The highest BCUT2D eigenvalue weighted by Gasteiger charge is 2.14. The van der Waals surface area contributed by atoms with E-state index in [0.717, 1.165) is 5.56 Å². The largest absolute Gasteiger partial charge is 0.476 e. The molecule has 0 amide bonds. The smallest absolute Gasteiger partial charge is 0.360 e. The lowest BCUT2D eigenvalue weighted by atomic mass is 10.2. The van der Waals surface area contributed by atoms with E-state index < -0.39 is 22.9 Å².